The first-order valence-corrected chi connectivity index (χ1v) is 10.0. The number of carbonyl (C=O) groups excluding carboxylic acids is 2. The normalized spacial score (nSPS) is 16.5. The second-order valence-electron chi connectivity index (χ2n) is 8.76. The summed E-state index contributed by atoms with van der Waals surface area (Å²) >= 11 is 0. The molecule has 0 aliphatic carbocycles. The van der Waals surface area contributed by atoms with Crippen molar-refractivity contribution in [2.45, 2.75) is 32.9 Å². The van der Waals surface area contributed by atoms with Gasteiger partial charge in [0, 0.05) is 11.1 Å². The Morgan fingerprint density at radius 1 is 1.18 bits per heavy atom. The van der Waals surface area contributed by atoms with E-state index in [2.05, 4.69) is 5.32 Å². The molecule has 3 N–H and O–H groups in total. The number of amides is 2. The molecular formula is C21H36N4O3+2. The molecule has 156 valence electrons. The maximum atomic E-state index is 12.6. The Hall–Kier alpha value is -2.12. The van der Waals surface area contributed by atoms with Gasteiger partial charge in [-0.25, -0.2) is 0 Å². The standard InChI is InChI=1S/C21H34N4O3/c1-21(2,3)22-19(26)15-24-10-12-25(13-11-24)20(27)16-23(4)14-17-6-8-18(28-5)9-7-17/h6-9H,10-16H2,1-5H3,(H,22,26)/p+2. The van der Waals surface area contributed by atoms with Crippen molar-refractivity contribution in [3.63, 3.8) is 0 Å². The molecule has 1 unspecified atom stereocenters. The molecule has 1 aliphatic rings. The number of hydrogen-bond donors (Lipinski definition) is 3. The summed E-state index contributed by atoms with van der Waals surface area (Å²) < 4.78 is 5.18. The first kappa shape index (κ1) is 22.2. The summed E-state index contributed by atoms with van der Waals surface area (Å²) in [6, 6.07) is 7.97. The maximum Gasteiger partial charge on any atom is 0.278 e. The summed E-state index contributed by atoms with van der Waals surface area (Å²) in [5.74, 6) is 1.10. The third-order valence-corrected chi connectivity index (χ3v) is 4.87. The van der Waals surface area contributed by atoms with Crippen molar-refractivity contribution in [1.82, 2.24) is 10.2 Å². The number of methoxy groups -OCH3 is 1. The second-order valence-corrected chi connectivity index (χ2v) is 8.76. The highest BCUT2D eigenvalue weighted by Crippen LogP contribution is 2.10. The predicted molar refractivity (Wildman–Crippen MR) is 108 cm³/mol. The number of ether oxygens (including phenoxy) is 1. The van der Waals surface area contributed by atoms with Gasteiger partial charge in [-0.1, -0.05) is 0 Å². The lowest BCUT2D eigenvalue weighted by atomic mass is 10.1. The molecule has 7 nitrogen and oxygen atoms in total. The molecule has 1 atom stereocenters. The monoisotopic (exact) mass is 392 g/mol. The van der Waals surface area contributed by atoms with E-state index < -0.39 is 0 Å². The number of benzene rings is 1. The molecule has 0 saturated carbocycles. The van der Waals surface area contributed by atoms with Crippen molar-refractivity contribution in [3.05, 3.63) is 29.8 Å². The summed E-state index contributed by atoms with van der Waals surface area (Å²) in [5, 5.41) is 3.01. The summed E-state index contributed by atoms with van der Waals surface area (Å²) in [7, 11) is 3.70. The van der Waals surface area contributed by atoms with E-state index in [4.69, 9.17) is 4.74 Å². The lowest BCUT2D eigenvalue weighted by Gasteiger charge is -2.32. The quantitative estimate of drug-likeness (QED) is 0.521. The number of carbonyl (C=O) groups is 2. The Labute approximate surface area is 168 Å². The number of quaternary nitrogens is 2. The van der Waals surface area contributed by atoms with Gasteiger partial charge < -0.3 is 24.8 Å². The lowest BCUT2D eigenvalue weighted by Crippen LogP contribution is -3.16. The zero-order valence-corrected chi connectivity index (χ0v) is 17.9. The van der Waals surface area contributed by atoms with Crippen molar-refractivity contribution in [2.24, 2.45) is 0 Å². The highest BCUT2D eigenvalue weighted by molar-refractivity contribution is 5.78. The van der Waals surface area contributed by atoms with Crippen LogP contribution in [0.3, 0.4) is 0 Å². The fourth-order valence-corrected chi connectivity index (χ4v) is 3.46. The van der Waals surface area contributed by atoms with Crippen LogP contribution in [0.15, 0.2) is 24.3 Å². The SMILES string of the molecule is COc1ccc(C[NH+](C)CC(=O)N2CC[NH+](CC(=O)NC(C)(C)C)CC2)cc1. The number of nitrogens with one attached hydrogen (secondary N) is 3. The molecule has 2 amide bonds. The summed E-state index contributed by atoms with van der Waals surface area (Å²) in [6.07, 6.45) is 0. The van der Waals surface area contributed by atoms with Crippen molar-refractivity contribution in [1.29, 1.82) is 0 Å². The summed E-state index contributed by atoms with van der Waals surface area (Å²) in [4.78, 5) is 29.0. The number of rotatable bonds is 7. The molecule has 1 fully saturated rings. The molecule has 1 aromatic carbocycles. The van der Waals surface area contributed by atoms with Gasteiger partial charge in [-0.3, -0.25) is 9.59 Å². The number of hydrogen-bond acceptors (Lipinski definition) is 3. The average Bonchev–Trinajstić information content (AvgIpc) is 2.61. The van der Waals surface area contributed by atoms with Gasteiger partial charge in [0.1, 0.15) is 12.3 Å². The maximum absolute atomic E-state index is 12.6. The summed E-state index contributed by atoms with van der Waals surface area (Å²) in [5.41, 5.74) is 0.983. The zero-order chi connectivity index (χ0) is 20.7. The van der Waals surface area contributed by atoms with Crippen LogP contribution in [0.4, 0.5) is 0 Å². The van der Waals surface area contributed by atoms with Crippen LogP contribution in [-0.2, 0) is 16.1 Å². The molecule has 1 saturated heterocycles. The molecule has 0 bridgehead atoms. The molecule has 1 heterocycles. The van der Waals surface area contributed by atoms with Crippen LogP contribution in [0.1, 0.15) is 26.3 Å². The van der Waals surface area contributed by atoms with Crippen LogP contribution in [-0.4, -0.2) is 75.7 Å². The van der Waals surface area contributed by atoms with Crippen LogP contribution in [0, 0.1) is 0 Å². The van der Waals surface area contributed by atoms with E-state index in [9.17, 15) is 9.59 Å². The minimum atomic E-state index is -0.203. The smallest absolute Gasteiger partial charge is 0.278 e. The molecule has 0 aromatic heterocycles. The van der Waals surface area contributed by atoms with Crippen LogP contribution in [0.5, 0.6) is 5.75 Å². The van der Waals surface area contributed by atoms with Gasteiger partial charge in [0.05, 0.1) is 40.3 Å². The summed E-state index contributed by atoms with van der Waals surface area (Å²) in [6.45, 7) is 10.8. The Balaban J connectivity index is 1.72. The van der Waals surface area contributed by atoms with E-state index in [1.54, 1.807) is 7.11 Å². The molecule has 1 aromatic rings. The molecular weight excluding hydrogens is 356 g/mol. The topological polar surface area (TPSA) is 67.5 Å². The van der Waals surface area contributed by atoms with Crippen molar-refractivity contribution in [3.8, 4) is 5.75 Å². The van der Waals surface area contributed by atoms with Gasteiger partial charge in [-0.05, 0) is 45.0 Å². The van der Waals surface area contributed by atoms with E-state index in [0.717, 1.165) is 30.3 Å². The highest BCUT2D eigenvalue weighted by Gasteiger charge is 2.27. The lowest BCUT2D eigenvalue weighted by molar-refractivity contribution is -0.897. The molecule has 2 rings (SSSR count). The zero-order valence-electron chi connectivity index (χ0n) is 17.9. The largest absolute Gasteiger partial charge is 0.497 e. The fraction of sp³-hybridized carbons (Fsp3) is 0.619. The van der Waals surface area contributed by atoms with Crippen molar-refractivity contribution in [2.75, 3.05) is 53.4 Å². The minimum absolute atomic E-state index is 0.0749. The van der Waals surface area contributed by atoms with E-state index >= 15 is 0 Å². The molecule has 0 radical (unpaired) electrons. The number of nitrogens with zero attached hydrogens (tertiary/aromatic N) is 1. The minimum Gasteiger partial charge on any atom is -0.497 e. The molecule has 1 aliphatic heterocycles. The van der Waals surface area contributed by atoms with Crippen LogP contribution < -0.4 is 19.9 Å². The average molecular weight is 393 g/mol. The fourth-order valence-electron chi connectivity index (χ4n) is 3.46. The molecule has 7 heteroatoms. The first-order valence-electron chi connectivity index (χ1n) is 10.0. The van der Waals surface area contributed by atoms with Crippen LogP contribution in [0.25, 0.3) is 0 Å². The van der Waals surface area contributed by atoms with E-state index in [1.807, 2.05) is 57.0 Å². The van der Waals surface area contributed by atoms with Gasteiger partial charge in [-0.15, -0.1) is 0 Å². The number of likely N-dealkylation sites (N-methyl/N-ethyl adjacent to an activating group) is 1. The van der Waals surface area contributed by atoms with Crippen LogP contribution in [0.2, 0.25) is 0 Å². The van der Waals surface area contributed by atoms with E-state index in [0.29, 0.717) is 26.2 Å². The van der Waals surface area contributed by atoms with Gasteiger partial charge in [-0.2, -0.15) is 0 Å². The number of piperazine rings is 1. The Morgan fingerprint density at radius 2 is 1.79 bits per heavy atom. The third kappa shape index (κ3) is 7.48. The van der Waals surface area contributed by atoms with Gasteiger partial charge >= 0.3 is 0 Å². The van der Waals surface area contributed by atoms with Crippen molar-refractivity contribution < 1.29 is 24.1 Å². The Kier molecular flexibility index (Phi) is 7.83. The first-order chi connectivity index (χ1) is 13.2. The molecule has 0 spiro atoms. The third-order valence-electron chi connectivity index (χ3n) is 4.87. The second kappa shape index (κ2) is 9.89. The van der Waals surface area contributed by atoms with Crippen LogP contribution >= 0.6 is 0 Å². The van der Waals surface area contributed by atoms with Gasteiger partial charge in [0.2, 0.25) is 0 Å². The predicted octanol–water partition coefficient (Wildman–Crippen LogP) is -1.65. The highest BCUT2D eigenvalue weighted by atomic mass is 16.5. The van der Waals surface area contributed by atoms with Crippen molar-refractivity contribution >= 4 is 11.8 Å². The molecule has 28 heavy (non-hydrogen) atoms. The van der Waals surface area contributed by atoms with Gasteiger partial charge in [0.15, 0.2) is 13.1 Å². The van der Waals surface area contributed by atoms with Gasteiger partial charge in [0.25, 0.3) is 11.8 Å². The Morgan fingerprint density at radius 3 is 2.32 bits per heavy atom. The Bertz CT molecular complexity index is 647. The van der Waals surface area contributed by atoms with E-state index in [1.165, 1.54) is 10.5 Å². The van der Waals surface area contributed by atoms with E-state index in [-0.39, 0.29) is 17.4 Å².